The van der Waals surface area contributed by atoms with Crippen molar-refractivity contribution >= 4 is 22.7 Å². The van der Waals surface area contributed by atoms with Gasteiger partial charge in [-0.15, -0.1) is 0 Å². The van der Waals surface area contributed by atoms with Gasteiger partial charge < -0.3 is 55.2 Å². The number of para-hydroxylation sites is 4. The quantitative estimate of drug-likeness (QED) is 0.0361. The van der Waals surface area contributed by atoms with Crippen molar-refractivity contribution < 1.29 is 113 Å². The van der Waals surface area contributed by atoms with Crippen LogP contribution in [0.3, 0.4) is 0 Å². The molecule has 0 amide bonds. The van der Waals surface area contributed by atoms with Crippen molar-refractivity contribution in [2.24, 2.45) is 0 Å². The van der Waals surface area contributed by atoms with E-state index in [-0.39, 0.29) is 96.5 Å². The molecular formula is C30H32N4Na2O12. The van der Waals surface area contributed by atoms with E-state index < -0.39 is 38.4 Å². The third-order valence-corrected chi connectivity index (χ3v) is 5.02. The van der Waals surface area contributed by atoms with E-state index in [2.05, 4.69) is 0 Å². The van der Waals surface area contributed by atoms with Crippen molar-refractivity contribution in [2.45, 2.75) is 0 Å². The number of non-ortho nitro benzene ring substituents is 1. The number of nitro benzene ring substituents is 2. The standard InChI is InChI=1S/C6H5N3O5.C6H7N.C6H6O3.2C6H6O2.2Na.2H/c7-4-1-3(8(11)12)2-5(6(4)10)9(13)14;7-6-4-2-1-3-5-6;7-4-2-1-3-5(8)6(4)9;7-5-2-1-3-6(8)4-5;7-5-3-1-2-4-6(5)8;;;;/h1-2,10H,7H2;1-5H,7H2;1-3,7-9H;2*1-4,7-8H;;;;/q;;;;;2*+1;2*-1. The van der Waals surface area contributed by atoms with Crippen LogP contribution in [0.4, 0.5) is 22.7 Å². The fraction of sp³-hybridized carbons (Fsp3) is 0. The molecule has 0 atom stereocenters. The van der Waals surface area contributed by atoms with Gasteiger partial charge in [0.1, 0.15) is 11.5 Å². The molecule has 48 heavy (non-hydrogen) atoms. The minimum absolute atomic E-state index is 0. The van der Waals surface area contributed by atoms with Crippen LogP contribution in [0.15, 0.2) is 109 Å². The summed E-state index contributed by atoms with van der Waals surface area (Å²) in [5.74, 6) is -1.84. The topological polar surface area (TPSA) is 300 Å². The molecule has 0 spiro atoms. The van der Waals surface area contributed by atoms with Gasteiger partial charge in [-0.2, -0.15) is 0 Å². The third kappa shape index (κ3) is 17.0. The van der Waals surface area contributed by atoms with Crippen molar-refractivity contribution in [1.29, 1.82) is 0 Å². The van der Waals surface area contributed by atoms with Crippen molar-refractivity contribution in [3.05, 3.63) is 129 Å². The van der Waals surface area contributed by atoms with Gasteiger partial charge in [-0.1, -0.05) is 42.5 Å². The number of aromatic hydroxyl groups is 8. The van der Waals surface area contributed by atoms with Gasteiger partial charge in [-0.25, -0.2) is 0 Å². The molecule has 12 N–H and O–H groups in total. The zero-order valence-electron chi connectivity index (χ0n) is 27.7. The van der Waals surface area contributed by atoms with Crippen LogP contribution in [-0.2, 0) is 0 Å². The molecule has 0 radical (unpaired) electrons. The average molecular weight is 687 g/mol. The van der Waals surface area contributed by atoms with Crippen molar-refractivity contribution in [3.63, 3.8) is 0 Å². The van der Waals surface area contributed by atoms with Crippen molar-refractivity contribution in [1.82, 2.24) is 0 Å². The van der Waals surface area contributed by atoms with Crippen LogP contribution in [0.25, 0.3) is 0 Å². The number of anilines is 2. The minimum Gasteiger partial charge on any atom is -1.00 e. The van der Waals surface area contributed by atoms with Gasteiger partial charge >= 0.3 is 64.8 Å². The summed E-state index contributed by atoms with van der Waals surface area (Å²) in [5, 5.41) is 90.4. The zero-order valence-corrected chi connectivity index (χ0v) is 29.7. The Kier molecular flexibility index (Phi) is 21.8. The second-order valence-corrected chi connectivity index (χ2v) is 8.48. The van der Waals surface area contributed by atoms with E-state index in [9.17, 15) is 20.2 Å². The van der Waals surface area contributed by atoms with Crippen LogP contribution in [0.1, 0.15) is 2.85 Å². The maximum atomic E-state index is 10.3. The van der Waals surface area contributed by atoms with Crippen molar-refractivity contribution in [3.8, 4) is 46.0 Å². The molecule has 0 unspecified atom stereocenters. The first-order valence-electron chi connectivity index (χ1n) is 12.5. The fourth-order valence-corrected chi connectivity index (χ4v) is 2.80. The number of phenolic OH excluding ortho intramolecular Hbond substituents is 8. The van der Waals surface area contributed by atoms with Crippen LogP contribution in [0.5, 0.6) is 46.0 Å². The first kappa shape index (κ1) is 45.0. The first-order chi connectivity index (χ1) is 21.6. The molecule has 0 bridgehead atoms. The Morgan fingerprint density at radius 1 is 0.500 bits per heavy atom. The Bertz CT molecular complexity index is 1690. The summed E-state index contributed by atoms with van der Waals surface area (Å²) in [6, 6.07) is 27.0. The first-order valence-corrected chi connectivity index (χ1v) is 12.5. The van der Waals surface area contributed by atoms with Gasteiger partial charge in [0.25, 0.3) is 5.69 Å². The molecule has 18 heteroatoms. The summed E-state index contributed by atoms with van der Waals surface area (Å²) >= 11 is 0. The van der Waals surface area contributed by atoms with Crippen LogP contribution in [0.2, 0.25) is 0 Å². The maximum absolute atomic E-state index is 10.3. The van der Waals surface area contributed by atoms with Crippen LogP contribution in [0, 0.1) is 20.2 Å². The molecule has 0 heterocycles. The molecule has 246 valence electrons. The number of phenols is 8. The summed E-state index contributed by atoms with van der Waals surface area (Å²) in [7, 11) is 0. The van der Waals surface area contributed by atoms with Gasteiger partial charge in [0.15, 0.2) is 28.7 Å². The summed E-state index contributed by atoms with van der Waals surface area (Å²) in [4.78, 5) is 18.8. The van der Waals surface area contributed by atoms with Crippen LogP contribution in [-0.4, -0.2) is 50.7 Å². The maximum Gasteiger partial charge on any atom is 1.00 e. The van der Waals surface area contributed by atoms with Crippen LogP contribution < -0.4 is 70.6 Å². The van der Waals surface area contributed by atoms with Gasteiger partial charge in [-0.3, -0.25) is 20.2 Å². The Morgan fingerprint density at radius 3 is 1.23 bits per heavy atom. The number of hydrogen-bond acceptors (Lipinski definition) is 14. The number of benzene rings is 5. The summed E-state index contributed by atoms with van der Waals surface area (Å²) < 4.78 is 0. The molecule has 0 aliphatic heterocycles. The molecule has 0 saturated carbocycles. The summed E-state index contributed by atoms with van der Waals surface area (Å²) in [6.45, 7) is 0. The molecule has 16 nitrogen and oxygen atoms in total. The van der Waals surface area contributed by atoms with E-state index in [1.807, 2.05) is 30.3 Å². The Morgan fingerprint density at radius 2 is 0.917 bits per heavy atom. The van der Waals surface area contributed by atoms with E-state index >= 15 is 0 Å². The number of nitrogen functional groups attached to an aromatic ring is 2. The zero-order chi connectivity index (χ0) is 34.8. The molecule has 0 aliphatic carbocycles. The second-order valence-electron chi connectivity index (χ2n) is 8.48. The average Bonchev–Trinajstić information content (AvgIpc) is 3.00. The minimum atomic E-state index is -0.946. The van der Waals surface area contributed by atoms with Gasteiger partial charge in [0.05, 0.1) is 21.6 Å². The third-order valence-electron chi connectivity index (χ3n) is 5.02. The van der Waals surface area contributed by atoms with Gasteiger partial charge in [0, 0.05) is 17.8 Å². The Labute approximate surface area is 320 Å². The number of rotatable bonds is 2. The van der Waals surface area contributed by atoms with E-state index in [0.717, 1.165) is 11.8 Å². The Hall–Kier alpha value is -5.10. The SMILES string of the molecule is Nc1cc([N+](=O)[O-])cc([N+](=O)[O-])c1O.Nc1ccccc1.Oc1cccc(O)c1.Oc1cccc(O)c1O.Oc1ccccc1O.[H-].[H-].[Na+].[Na+]. The van der Waals surface area contributed by atoms with Gasteiger partial charge in [-0.05, 0) is 48.5 Å². The molecular weight excluding hydrogens is 654 g/mol. The second kappa shape index (κ2) is 23.3. The Balaban J connectivity index is -0.000000265. The molecule has 0 saturated heterocycles. The van der Waals surface area contributed by atoms with Crippen molar-refractivity contribution in [2.75, 3.05) is 11.5 Å². The predicted octanol–water partition coefficient (Wildman–Crippen LogP) is -0.708. The molecule has 0 aromatic heterocycles. The summed E-state index contributed by atoms with van der Waals surface area (Å²) in [6.07, 6.45) is 0. The monoisotopic (exact) mass is 686 g/mol. The van der Waals surface area contributed by atoms with Crippen LogP contribution >= 0.6 is 0 Å². The largest absolute Gasteiger partial charge is 1.00 e. The van der Waals surface area contributed by atoms with E-state index in [1.54, 1.807) is 18.2 Å². The molecule has 5 rings (SSSR count). The normalized spacial score (nSPS) is 8.83. The predicted molar refractivity (Wildman–Crippen MR) is 170 cm³/mol. The fourth-order valence-electron chi connectivity index (χ4n) is 2.80. The number of nitrogens with two attached hydrogens (primary N) is 2. The van der Waals surface area contributed by atoms with E-state index in [1.165, 1.54) is 48.5 Å². The number of nitrogens with zero attached hydrogens (tertiary/aromatic N) is 2. The molecule has 5 aromatic rings. The smallest absolute Gasteiger partial charge is 1.00 e. The molecule has 5 aromatic carbocycles. The molecule has 0 fully saturated rings. The van der Waals surface area contributed by atoms with Gasteiger partial charge in [0.2, 0.25) is 5.75 Å². The summed E-state index contributed by atoms with van der Waals surface area (Å²) in [5.41, 5.74) is 9.60. The number of hydrogen-bond donors (Lipinski definition) is 10. The number of nitro groups is 2. The molecule has 0 aliphatic rings. The van der Waals surface area contributed by atoms with E-state index in [0.29, 0.717) is 6.07 Å². The van der Waals surface area contributed by atoms with E-state index in [4.69, 9.17) is 52.3 Å².